The first-order valence-corrected chi connectivity index (χ1v) is 24.4. The highest BCUT2D eigenvalue weighted by molar-refractivity contribution is 6.94. The number of hydrogen-bond acceptors (Lipinski definition) is 2. The van der Waals surface area contributed by atoms with Crippen LogP contribution < -0.4 is 20.6 Å². The first kappa shape index (κ1) is 39.1. The number of para-hydroxylation sites is 2. The van der Waals surface area contributed by atoms with Gasteiger partial charge < -0.3 is 9.71 Å². The molecule has 3 heterocycles. The number of rotatable bonds is 3. The lowest BCUT2D eigenvalue weighted by atomic mass is 9.41. The van der Waals surface area contributed by atoms with E-state index in [2.05, 4.69) is 239 Å². The van der Waals surface area contributed by atoms with Gasteiger partial charge in [0.05, 0.1) is 11.1 Å². The van der Waals surface area contributed by atoms with Crippen LogP contribution in [-0.2, 0) is 21.7 Å². The SMILES string of the molecule is CC1(C)CCC(C)(C)c2cc(N3B4c5cccc6c5N(c5ccccc5C6(c5ccccc5)c5ccccc5)c5cc6ccccc6c(c54)-c4c3ccc3c4C(C)(C)c4ccccc4-3)ccc21. The summed E-state index contributed by atoms with van der Waals surface area (Å²) in [6.45, 7) is 14.6. The summed E-state index contributed by atoms with van der Waals surface area (Å²) in [7, 11) is 0. The van der Waals surface area contributed by atoms with Gasteiger partial charge in [0.1, 0.15) is 0 Å². The lowest BCUT2D eigenvalue weighted by molar-refractivity contribution is 0.332. The molecule has 0 fully saturated rings. The average Bonchev–Trinajstić information content (AvgIpc) is 3.59. The molecule has 0 bridgehead atoms. The Hall–Kier alpha value is -7.10. The van der Waals surface area contributed by atoms with Crippen molar-refractivity contribution in [3.05, 3.63) is 233 Å². The maximum Gasteiger partial charge on any atom is 0.333 e. The van der Waals surface area contributed by atoms with Crippen molar-refractivity contribution in [1.29, 1.82) is 0 Å². The highest BCUT2D eigenvalue weighted by Crippen LogP contribution is 2.62. The van der Waals surface area contributed by atoms with Gasteiger partial charge in [-0.25, -0.2) is 0 Å². The number of hydrogen-bond donors (Lipinski definition) is 0. The van der Waals surface area contributed by atoms with Gasteiger partial charge in [-0.15, -0.1) is 0 Å². The molecule has 5 aliphatic rings. The van der Waals surface area contributed by atoms with E-state index >= 15 is 0 Å². The van der Waals surface area contributed by atoms with Gasteiger partial charge in [-0.05, 0) is 137 Å². The van der Waals surface area contributed by atoms with E-state index in [-0.39, 0.29) is 23.1 Å². The van der Waals surface area contributed by atoms with Crippen LogP contribution in [0.15, 0.2) is 188 Å². The van der Waals surface area contributed by atoms with Gasteiger partial charge in [-0.3, -0.25) is 0 Å². The van der Waals surface area contributed by atoms with Crippen LogP contribution in [0.5, 0.6) is 0 Å². The van der Waals surface area contributed by atoms with E-state index in [9.17, 15) is 0 Å². The lowest BCUT2D eigenvalue weighted by Crippen LogP contribution is -2.63. The fraction of sp³-hybridized carbons (Fsp3) is 0.188. The molecule has 14 rings (SSSR count). The summed E-state index contributed by atoms with van der Waals surface area (Å²) >= 11 is 0. The molecule has 0 unspecified atom stereocenters. The zero-order valence-corrected chi connectivity index (χ0v) is 39.3. The standard InChI is InChI=1S/C64H53BN2/c1-61(2)36-37-62(3,4)51-39-43(32-34-48(51)61)67-54-35-33-46-45-26-15-16-27-47(45)63(5,6)58(46)57(54)56-44-25-14-13-20-40(44)38-55-59(56)65(67)52-30-19-29-50-60(52)66(55)53-31-18-17-28-49(53)64(50,41-21-9-7-10-22-41)42-23-11-8-12-24-42/h7-35,38-39H,36-37H2,1-6H3. The van der Waals surface area contributed by atoms with Crippen molar-refractivity contribution >= 4 is 57.0 Å². The summed E-state index contributed by atoms with van der Waals surface area (Å²) in [5.41, 5.74) is 24.8. The minimum absolute atomic E-state index is 0.0459. The highest BCUT2D eigenvalue weighted by Gasteiger charge is 2.54. The topological polar surface area (TPSA) is 6.48 Å². The molecule has 2 nitrogen and oxygen atoms in total. The molecule has 3 aliphatic heterocycles. The molecule has 322 valence electrons. The van der Waals surface area contributed by atoms with E-state index in [1.54, 1.807) is 0 Å². The summed E-state index contributed by atoms with van der Waals surface area (Å²) in [6.07, 6.45) is 2.35. The Kier molecular flexibility index (Phi) is 7.76. The molecule has 0 N–H and O–H groups in total. The second kappa shape index (κ2) is 13.3. The smallest absolute Gasteiger partial charge is 0.333 e. The van der Waals surface area contributed by atoms with Gasteiger partial charge in [-0.2, -0.15) is 0 Å². The second-order valence-electron chi connectivity index (χ2n) is 21.8. The highest BCUT2D eigenvalue weighted by atomic mass is 15.2. The summed E-state index contributed by atoms with van der Waals surface area (Å²) in [5, 5.41) is 2.58. The van der Waals surface area contributed by atoms with E-state index in [1.807, 2.05) is 0 Å². The maximum absolute atomic E-state index is 2.79. The predicted octanol–water partition coefficient (Wildman–Crippen LogP) is 14.9. The molecular weight excluding hydrogens is 808 g/mol. The number of nitrogens with zero attached hydrogens (tertiary/aromatic N) is 2. The van der Waals surface area contributed by atoms with Gasteiger partial charge >= 0.3 is 6.85 Å². The van der Waals surface area contributed by atoms with Crippen LogP contribution in [0.3, 0.4) is 0 Å². The zero-order valence-electron chi connectivity index (χ0n) is 39.3. The molecule has 9 aromatic carbocycles. The molecule has 67 heavy (non-hydrogen) atoms. The fourth-order valence-corrected chi connectivity index (χ4v) is 14.0. The minimum atomic E-state index is -0.576. The summed E-state index contributed by atoms with van der Waals surface area (Å²) < 4.78 is 0. The largest absolute Gasteiger partial charge is 0.376 e. The maximum atomic E-state index is 2.79. The Morgan fingerprint density at radius 2 is 1.09 bits per heavy atom. The Morgan fingerprint density at radius 3 is 1.85 bits per heavy atom. The summed E-state index contributed by atoms with van der Waals surface area (Å²) in [5.74, 6) is 0. The van der Waals surface area contributed by atoms with E-state index in [1.165, 1.54) is 123 Å². The third-order valence-corrected chi connectivity index (χ3v) is 17.1. The lowest BCUT2D eigenvalue weighted by Gasteiger charge is -2.52. The third kappa shape index (κ3) is 4.92. The van der Waals surface area contributed by atoms with Crippen molar-refractivity contribution in [2.75, 3.05) is 9.71 Å². The molecule has 0 atom stereocenters. The molecule has 0 spiro atoms. The van der Waals surface area contributed by atoms with Crippen LogP contribution in [0.4, 0.5) is 28.4 Å². The van der Waals surface area contributed by atoms with Gasteiger partial charge in [-0.1, -0.05) is 199 Å². The first-order valence-electron chi connectivity index (χ1n) is 24.4. The second-order valence-corrected chi connectivity index (χ2v) is 21.8. The van der Waals surface area contributed by atoms with Crippen LogP contribution >= 0.6 is 0 Å². The van der Waals surface area contributed by atoms with Crippen LogP contribution in [-0.4, -0.2) is 6.85 Å². The zero-order chi connectivity index (χ0) is 45.2. The number of anilines is 5. The first-order chi connectivity index (χ1) is 32.5. The van der Waals surface area contributed by atoms with Crippen molar-refractivity contribution in [3.8, 4) is 22.3 Å². The molecule has 3 heteroatoms. The van der Waals surface area contributed by atoms with Crippen LogP contribution in [0.2, 0.25) is 0 Å². The Balaban J connectivity index is 1.17. The normalized spacial score (nSPS) is 17.7. The average molecular weight is 861 g/mol. The number of fused-ring (bicyclic) bond motifs is 13. The monoisotopic (exact) mass is 860 g/mol. The van der Waals surface area contributed by atoms with Gasteiger partial charge in [0.25, 0.3) is 0 Å². The molecule has 0 saturated carbocycles. The van der Waals surface area contributed by atoms with Crippen LogP contribution in [0.25, 0.3) is 33.0 Å². The summed E-state index contributed by atoms with van der Waals surface area (Å²) in [6, 6.07) is 72.5. The molecule has 0 radical (unpaired) electrons. The van der Waals surface area contributed by atoms with Crippen molar-refractivity contribution in [2.24, 2.45) is 0 Å². The Morgan fingerprint density at radius 1 is 0.448 bits per heavy atom. The van der Waals surface area contributed by atoms with E-state index < -0.39 is 5.41 Å². The van der Waals surface area contributed by atoms with Crippen LogP contribution in [0.1, 0.15) is 98.9 Å². The van der Waals surface area contributed by atoms with Crippen molar-refractivity contribution < 1.29 is 0 Å². The van der Waals surface area contributed by atoms with Gasteiger partial charge in [0, 0.05) is 33.7 Å². The molecule has 0 amide bonds. The van der Waals surface area contributed by atoms with Crippen molar-refractivity contribution in [3.63, 3.8) is 0 Å². The van der Waals surface area contributed by atoms with E-state index in [0.29, 0.717) is 0 Å². The molecule has 0 aromatic heterocycles. The van der Waals surface area contributed by atoms with E-state index in [4.69, 9.17) is 0 Å². The molecule has 9 aromatic rings. The molecular formula is C64H53BN2. The summed E-state index contributed by atoms with van der Waals surface area (Å²) in [4.78, 5) is 5.46. The molecule has 2 aliphatic carbocycles. The predicted molar refractivity (Wildman–Crippen MR) is 282 cm³/mol. The Bertz CT molecular complexity index is 3540. The van der Waals surface area contributed by atoms with Crippen molar-refractivity contribution in [2.45, 2.75) is 76.0 Å². The quantitative estimate of drug-likeness (QED) is 0.163. The van der Waals surface area contributed by atoms with Gasteiger partial charge in [0.2, 0.25) is 0 Å². The number of benzene rings is 9. The fourth-order valence-electron chi connectivity index (χ4n) is 14.0. The van der Waals surface area contributed by atoms with Gasteiger partial charge in [0.15, 0.2) is 0 Å². The third-order valence-electron chi connectivity index (χ3n) is 17.1. The minimum Gasteiger partial charge on any atom is -0.376 e. The Labute approximate surface area is 395 Å². The van der Waals surface area contributed by atoms with Crippen LogP contribution in [0, 0.1) is 0 Å². The van der Waals surface area contributed by atoms with E-state index in [0.717, 1.165) is 6.42 Å². The van der Waals surface area contributed by atoms with Crippen molar-refractivity contribution in [1.82, 2.24) is 0 Å². The molecule has 0 saturated heterocycles.